The summed E-state index contributed by atoms with van der Waals surface area (Å²) in [5.74, 6) is -0.705. The van der Waals surface area contributed by atoms with Gasteiger partial charge in [0.2, 0.25) is 0 Å². The Hall–Kier alpha value is -3.07. The number of rotatable bonds is 8. The van der Waals surface area contributed by atoms with E-state index in [1.54, 1.807) is 19.9 Å². The molecule has 2 rings (SSSR count). The van der Waals surface area contributed by atoms with Crippen LogP contribution in [0.5, 0.6) is 5.75 Å². The zero-order valence-corrected chi connectivity index (χ0v) is 17.5. The molecule has 0 amide bonds. The molecule has 0 saturated carbocycles. The van der Waals surface area contributed by atoms with Crippen molar-refractivity contribution in [2.24, 2.45) is 0 Å². The van der Waals surface area contributed by atoms with Gasteiger partial charge in [-0.25, -0.2) is 13.2 Å². The number of benzene rings is 2. The Bertz CT molecular complexity index is 984. The number of esters is 2. The first-order valence-electron chi connectivity index (χ1n) is 8.76. The topological polar surface area (TPSA) is 99.2 Å². The van der Waals surface area contributed by atoms with Crippen LogP contribution in [0.25, 0.3) is 0 Å². The fraction of sp³-hybridized carbons (Fsp3) is 0.300. The lowest BCUT2D eigenvalue weighted by Crippen LogP contribution is -2.36. The van der Waals surface area contributed by atoms with Gasteiger partial charge in [0.25, 0.3) is 10.0 Å². The zero-order valence-electron chi connectivity index (χ0n) is 16.7. The van der Waals surface area contributed by atoms with Crippen molar-refractivity contribution in [2.75, 3.05) is 31.7 Å². The average Bonchev–Trinajstić information content (AvgIpc) is 2.71. The van der Waals surface area contributed by atoms with Gasteiger partial charge in [0, 0.05) is 0 Å². The summed E-state index contributed by atoms with van der Waals surface area (Å²) in [5, 5.41) is 0. The number of carbonyl (C=O) groups is 2. The van der Waals surface area contributed by atoms with Crippen LogP contribution in [0.4, 0.5) is 5.69 Å². The predicted molar refractivity (Wildman–Crippen MR) is 107 cm³/mol. The maximum Gasteiger partial charge on any atom is 0.337 e. The van der Waals surface area contributed by atoms with Crippen molar-refractivity contribution >= 4 is 27.6 Å². The van der Waals surface area contributed by atoms with Gasteiger partial charge in [0.1, 0.15) is 12.3 Å². The first-order chi connectivity index (χ1) is 13.7. The van der Waals surface area contributed by atoms with E-state index >= 15 is 0 Å². The van der Waals surface area contributed by atoms with Gasteiger partial charge in [0.05, 0.1) is 37.0 Å². The van der Waals surface area contributed by atoms with Crippen molar-refractivity contribution in [1.29, 1.82) is 0 Å². The van der Waals surface area contributed by atoms with E-state index < -0.39 is 28.5 Å². The molecule has 0 spiro atoms. The van der Waals surface area contributed by atoms with Crippen LogP contribution in [0, 0.1) is 6.92 Å². The van der Waals surface area contributed by atoms with Gasteiger partial charge in [-0.2, -0.15) is 0 Å². The van der Waals surface area contributed by atoms with Gasteiger partial charge in [0.15, 0.2) is 0 Å². The van der Waals surface area contributed by atoms with Gasteiger partial charge in [-0.05, 0) is 61.9 Å². The van der Waals surface area contributed by atoms with Gasteiger partial charge in [-0.3, -0.25) is 9.10 Å². The molecule has 9 heteroatoms. The third-order valence-corrected chi connectivity index (χ3v) is 5.88. The van der Waals surface area contributed by atoms with Crippen LogP contribution in [-0.2, 0) is 24.3 Å². The summed E-state index contributed by atoms with van der Waals surface area (Å²) in [6, 6.07) is 10.1. The van der Waals surface area contributed by atoms with E-state index in [9.17, 15) is 18.0 Å². The second kappa shape index (κ2) is 9.42. The highest BCUT2D eigenvalue weighted by Gasteiger charge is 2.28. The largest absolute Gasteiger partial charge is 0.496 e. The van der Waals surface area contributed by atoms with Crippen LogP contribution < -0.4 is 9.04 Å². The summed E-state index contributed by atoms with van der Waals surface area (Å²) in [7, 11) is -1.35. The Labute approximate surface area is 170 Å². The molecule has 0 unspecified atom stereocenters. The fourth-order valence-corrected chi connectivity index (χ4v) is 4.15. The molecule has 0 bridgehead atoms. The molecule has 0 aromatic heterocycles. The number of hydrogen-bond acceptors (Lipinski definition) is 7. The first kappa shape index (κ1) is 22.2. The lowest BCUT2D eigenvalue weighted by atomic mass is 10.2. The number of sulfonamides is 1. The Morgan fingerprint density at radius 2 is 1.69 bits per heavy atom. The number of carbonyl (C=O) groups excluding carboxylic acids is 2. The standard InChI is InChI=1S/C20H23NO7S/c1-5-28-19(22)13-21(16-8-6-15(7-9-16)20(23)27-4)29(24,25)17-10-11-18(26-3)14(2)12-17/h6-12H,5,13H2,1-4H3. The van der Waals surface area contributed by atoms with Crippen LogP contribution in [-0.4, -0.2) is 47.7 Å². The molecule has 2 aromatic carbocycles. The number of methoxy groups -OCH3 is 2. The van der Waals surface area contributed by atoms with Crippen molar-refractivity contribution in [2.45, 2.75) is 18.7 Å². The van der Waals surface area contributed by atoms with E-state index in [0.29, 0.717) is 11.3 Å². The van der Waals surface area contributed by atoms with Crippen LogP contribution in [0.2, 0.25) is 0 Å². The molecule has 0 radical (unpaired) electrons. The minimum atomic E-state index is -4.09. The number of hydrogen-bond donors (Lipinski definition) is 0. The normalized spacial score (nSPS) is 10.9. The van der Waals surface area contributed by atoms with Crippen molar-refractivity contribution in [3.05, 3.63) is 53.6 Å². The number of anilines is 1. The second-order valence-corrected chi connectivity index (χ2v) is 7.85. The molecule has 0 saturated heterocycles. The van der Waals surface area contributed by atoms with Crippen LogP contribution >= 0.6 is 0 Å². The highest BCUT2D eigenvalue weighted by molar-refractivity contribution is 7.92. The molecule has 29 heavy (non-hydrogen) atoms. The zero-order chi connectivity index (χ0) is 21.6. The van der Waals surface area contributed by atoms with Crippen LogP contribution in [0.3, 0.4) is 0 Å². The molecule has 0 N–H and O–H groups in total. The molecule has 0 aliphatic carbocycles. The van der Waals surface area contributed by atoms with E-state index in [1.807, 2.05) is 0 Å². The molecular formula is C20H23NO7S. The minimum Gasteiger partial charge on any atom is -0.496 e. The fourth-order valence-electron chi connectivity index (χ4n) is 2.66. The minimum absolute atomic E-state index is 0.00265. The maximum atomic E-state index is 13.3. The third-order valence-electron chi connectivity index (χ3n) is 4.11. The molecule has 0 atom stereocenters. The summed E-state index contributed by atoms with van der Waals surface area (Å²) < 4.78 is 42.3. The monoisotopic (exact) mass is 421 g/mol. The Balaban J connectivity index is 2.50. The predicted octanol–water partition coefficient (Wildman–Crippen LogP) is 2.55. The molecule has 8 nitrogen and oxygen atoms in total. The van der Waals surface area contributed by atoms with Gasteiger partial charge >= 0.3 is 11.9 Å². The molecule has 0 aliphatic rings. The quantitative estimate of drug-likeness (QED) is 0.604. The number of aryl methyl sites for hydroxylation is 1. The van der Waals surface area contributed by atoms with E-state index in [-0.39, 0.29) is 22.8 Å². The van der Waals surface area contributed by atoms with E-state index in [2.05, 4.69) is 4.74 Å². The first-order valence-corrected chi connectivity index (χ1v) is 10.2. The lowest BCUT2D eigenvalue weighted by Gasteiger charge is -2.24. The van der Waals surface area contributed by atoms with Gasteiger partial charge in [-0.15, -0.1) is 0 Å². The van der Waals surface area contributed by atoms with Crippen molar-refractivity contribution in [3.63, 3.8) is 0 Å². The maximum absolute atomic E-state index is 13.3. The Kier molecular flexibility index (Phi) is 7.22. The average molecular weight is 421 g/mol. The van der Waals surface area contributed by atoms with Crippen molar-refractivity contribution < 1.29 is 32.2 Å². The molecule has 0 aliphatic heterocycles. The highest BCUT2D eigenvalue weighted by atomic mass is 32.2. The summed E-state index contributed by atoms with van der Waals surface area (Å²) in [6.45, 7) is 2.96. The third kappa shape index (κ3) is 5.05. The number of ether oxygens (including phenoxy) is 3. The van der Waals surface area contributed by atoms with E-state index in [0.717, 1.165) is 4.31 Å². The smallest absolute Gasteiger partial charge is 0.337 e. The number of nitrogens with zero attached hydrogens (tertiary/aromatic N) is 1. The SMILES string of the molecule is CCOC(=O)CN(c1ccc(C(=O)OC)cc1)S(=O)(=O)c1ccc(OC)c(C)c1. The van der Waals surface area contributed by atoms with Crippen LogP contribution in [0.1, 0.15) is 22.8 Å². The van der Waals surface area contributed by atoms with Crippen molar-refractivity contribution in [1.82, 2.24) is 0 Å². The van der Waals surface area contributed by atoms with Gasteiger partial charge in [-0.1, -0.05) is 0 Å². The summed E-state index contributed by atoms with van der Waals surface area (Å²) in [4.78, 5) is 23.7. The second-order valence-electron chi connectivity index (χ2n) is 5.99. The molecular weight excluding hydrogens is 398 g/mol. The summed E-state index contributed by atoms with van der Waals surface area (Å²) >= 11 is 0. The van der Waals surface area contributed by atoms with E-state index in [4.69, 9.17) is 9.47 Å². The molecule has 0 heterocycles. The van der Waals surface area contributed by atoms with Gasteiger partial charge < -0.3 is 14.2 Å². The lowest BCUT2D eigenvalue weighted by molar-refractivity contribution is -0.141. The Morgan fingerprint density at radius 3 is 2.21 bits per heavy atom. The van der Waals surface area contributed by atoms with E-state index in [1.165, 1.54) is 50.6 Å². The Morgan fingerprint density at radius 1 is 1.03 bits per heavy atom. The molecule has 0 fully saturated rings. The van der Waals surface area contributed by atoms with Crippen molar-refractivity contribution in [3.8, 4) is 5.75 Å². The highest BCUT2D eigenvalue weighted by Crippen LogP contribution is 2.27. The molecule has 156 valence electrons. The molecule has 2 aromatic rings. The summed E-state index contributed by atoms with van der Waals surface area (Å²) in [5.41, 5.74) is 1.09. The summed E-state index contributed by atoms with van der Waals surface area (Å²) in [6.07, 6.45) is 0. The van der Waals surface area contributed by atoms with Crippen LogP contribution in [0.15, 0.2) is 47.4 Å².